The van der Waals surface area contributed by atoms with E-state index in [1.54, 1.807) is 0 Å². The van der Waals surface area contributed by atoms with E-state index in [9.17, 15) is 0 Å². The minimum absolute atomic E-state index is 0.136. The van der Waals surface area contributed by atoms with E-state index in [-0.39, 0.29) is 5.95 Å². The number of aromatic nitrogens is 3. The molecule has 0 atom stereocenters. The minimum atomic E-state index is 0.136. The van der Waals surface area contributed by atoms with Gasteiger partial charge in [-0.05, 0) is 51.0 Å². The average molecular weight is 404 g/mol. The van der Waals surface area contributed by atoms with Gasteiger partial charge in [-0.1, -0.05) is 48.5 Å². The van der Waals surface area contributed by atoms with E-state index in [0.29, 0.717) is 18.0 Å². The Morgan fingerprint density at radius 3 is 2.32 bits per heavy atom. The maximum absolute atomic E-state index is 6.10. The maximum atomic E-state index is 6.10. The van der Waals surface area contributed by atoms with Crippen molar-refractivity contribution in [1.29, 1.82) is 0 Å². The molecule has 6 nitrogen and oxygen atoms in total. The Kier molecular flexibility index (Phi) is 3.65. The van der Waals surface area contributed by atoms with Crippen molar-refractivity contribution in [2.45, 2.75) is 13.5 Å². The molecule has 4 aromatic carbocycles. The van der Waals surface area contributed by atoms with Gasteiger partial charge in [-0.25, -0.2) is 4.98 Å². The molecule has 5 N–H and O–H groups in total. The zero-order chi connectivity index (χ0) is 21.1. The highest BCUT2D eigenvalue weighted by Crippen LogP contribution is 2.37. The number of nitrogen functional groups attached to an aromatic ring is 2. The predicted molar refractivity (Wildman–Crippen MR) is 128 cm³/mol. The van der Waals surface area contributed by atoms with Crippen molar-refractivity contribution >= 4 is 60.8 Å². The van der Waals surface area contributed by atoms with Crippen LogP contribution in [0.4, 0.5) is 17.5 Å². The van der Waals surface area contributed by atoms with E-state index in [1.165, 1.54) is 32.3 Å². The zero-order valence-corrected chi connectivity index (χ0v) is 17.0. The van der Waals surface area contributed by atoms with Gasteiger partial charge in [0.2, 0.25) is 5.95 Å². The molecule has 2 aromatic heterocycles. The molecule has 6 rings (SSSR count). The molecular weight excluding hydrogens is 384 g/mol. The number of rotatable bonds is 3. The van der Waals surface area contributed by atoms with Crippen LogP contribution in [0.15, 0.2) is 60.8 Å². The molecule has 0 fully saturated rings. The molecule has 0 aliphatic heterocycles. The van der Waals surface area contributed by atoms with Crippen molar-refractivity contribution < 1.29 is 0 Å². The van der Waals surface area contributed by atoms with Gasteiger partial charge in [-0.15, -0.1) is 0 Å². The van der Waals surface area contributed by atoms with Crippen molar-refractivity contribution in [3.63, 3.8) is 0 Å². The van der Waals surface area contributed by atoms with Gasteiger partial charge >= 0.3 is 0 Å². The van der Waals surface area contributed by atoms with Crippen LogP contribution in [-0.4, -0.2) is 15.0 Å². The lowest BCUT2D eigenvalue weighted by Gasteiger charge is -2.16. The van der Waals surface area contributed by atoms with Gasteiger partial charge in [0.15, 0.2) is 5.65 Å². The van der Waals surface area contributed by atoms with Crippen LogP contribution in [0.3, 0.4) is 0 Å². The first-order valence-electron chi connectivity index (χ1n) is 10.2. The van der Waals surface area contributed by atoms with Gasteiger partial charge in [0, 0.05) is 23.8 Å². The minimum Gasteiger partial charge on any atom is -0.383 e. The normalized spacial score (nSPS) is 11.8. The highest BCUT2D eigenvalue weighted by molar-refractivity contribution is 6.25. The Hall–Kier alpha value is -4.19. The molecule has 0 radical (unpaired) electrons. The fraction of sp³-hybridized carbons (Fsp3) is 0.0800. The second kappa shape index (κ2) is 6.40. The average Bonchev–Trinajstić information content (AvgIpc) is 2.77. The molecule has 0 spiro atoms. The molecule has 0 unspecified atom stereocenters. The Balaban J connectivity index is 1.45. The molecule has 2 heterocycles. The van der Waals surface area contributed by atoms with Gasteiger partial charge in [0.1, 0.15) is 5.82 Å². The van der Waals surface area contributed by atoms with Crippen molar-refractivity contribution in [2.24, 2.45) is 0 Å². The third kappa shape index (κ3) is 2.61. The summed E-state index contributed by atoms with van der Waals surface area (Å²) in [6, 6.07) is 19.6. The second-order valence-electron chi connectivity index (χ2n) is 7.90. The summed E-state index contributed by atoms with van der Waals surface area (Å²) in [6.07, 6.45) is 1.83. The molecule has 0 aliphatic carbocycles. The molecule has 0 saturated carbocycles. The first-order chi connectivity index (χ1) is 15.1. The summed E-state index contributed by atoms with van der Waals surface area (Å²) in [4.78, 5) is 12.7. The Labute approximate surface area is 178 Å². The van der Waals surface area contributed by atoms with Crippen molar-refractivity contribution in [2.75, 3.05) is 16.8 Å². The molecule has 6 heteroatoms. The van der Waals surface area contributed by atoms with Crippen LogP contribution in [0, 0.1) is 6.92 Å². The highest BCUT2D eigenvalue weighted by atomic mass is 15.1. The Morgan fingerprint density at radius 1 is 0.806 bits per heavy atom. The highest BCUT2D eigenvalue weighted by Gasteiger charge is 2.13. The number of hydrogen-bond acceptors (Lipinski definition) is 6. The van der Waals surface area contributed by atoms with Crippen molar-refractivity contribution in [3.8, 4) is 0 Å². The van der Waals surface area contributed by atoms with Gasteiger partial charge in [-0.2, -0.15) is 9.97 Å². The number of hydrogen-bond donors (Lipinski definition) is 3. The number of anilines is 3. The Bertz CT molecular complexity index is 1610. The lowest BCUT2D eigenvalue weighted by atomic mass is 9.93. The first kappa shape index (κ1) is 17.7. The topological polar surface area (TPSA) is 103 Å². The summed E-state index contributed by atoms with van der Waals surface area (Å²) in [5.41, 5.74) is 15.5. The smallest absolute Gasteiger partial charge is 0.224 e. The van der Waals surface area contributed by atoms with E-state index in [4.69, 9.17) is 11.5 Å². The van der Waals surface area contributed by atoms with Gasteiger partial charge < -0.3 is 16.8 Å². The summed E-state index contributed by atoms with van der Waals surface area (Å²) < 4.78 is 0. The summed E-state index contributed by atoms with van der Waals surface area (Å²) >= 11 is 0. The summed E-state index contributed by atoms with van der Waals surface area (Å²) in [6.45, 7) is 2.63. The van der Waals surface area contributed by atoms with Gasteiger partial charge in [0.05, 0.1) is 5.39 Å². The molecular formula is C25H20N6. The summed E-state index contributed by atoms with van der Waals surface area (Å²) in [7, 11) is 0. The molecule has 0 amide bonds. The van der Waals surface area contributed by atoms with E-state index in [2.05, 4.69) is 74.9 Å². The van der Waals surface area contributed by atoms with E-state index in [0.717, 1.165) is 22.2 Å². The van der Waals surface area contributed by atoms with Crippen molar-refractivity contribution in [3.05, 3.63) is 71.9 Å². The van der Waals surface area contributed by atoms with Gasteiger partial charge in [0.25, 0.3) is 0 Å². The number of aryl methyl sites for hydroxylation is 1. The number of nitrogens with two attached hydrogens (primary N) is 2. The molecule has 31 heavy (non-hydrogen) atoms. The molecule has 150 valence electrons. The van der Waals surface area contributed by atoms with Gasteiger partial charge in [-0.3, -0.25) is 0 Å². The van der Waals surface area contributed by atoms with Crippen LogP contribution in [-0.2, 0) is 6.54 Å². The van der Waals surface area contributed by atoms with Crippen LogP contribution in [0.1, 0.15) is 11.1 Å². The predicted octanol–water partition coefficient (Wildman–Crippen LogP) is 5.01. The third-order valence-electron chi connectivity index (χ3n) is 6.13. The first-order valence-corrected chi connectivity index (χ1v) is 10.2. The standard InChI is InChI=1S/C25H20N6/c1-13-17(12-29-24-20(13)23(26)30-25(27)31-24)11-28-19-10-8-16-6-5-14-3-2-4-15-7-9-18(19)22(16)21(14)15/h2-10,12,28H,11H2,1H3,(H4,26,27,29,30,31). The van der Waals surface area contributed by atoms with Crippen LogP contribution < -0.4 is 16.8 Å². The summed E-state index contributed by atoms with van der Waals surface area (Å²) in [5, 5.41) is 11.9. The van der Waals surface area contributed by atoms with Crippen LogP contribution in [0.2, 0.25) is 0 Å². The molecule has 0 saturated heterocycles. The number of pyridine rings is 1. The lowest BCUT2D eigenvalue weighted by Crippen LogP contribution is -2.07. The monoisotopic (exact) mass is 404 g/mol. The third-order valence-corrected chi connectivity index (χ3v) is 6.13. The second-order valence-corrected chi connectivity index (χ2v) is 7.90. The quantitative estimate of drug-likeness (QED) is 0.358. The lowest BCUT2D eigenvalue weighted by molar-refractivity contribution is 1.09. The van der Waals surface area contributed by atoms with E-state index < -0.39 is 0 Å². The number of nitrogens with zero attached hydrogens (tertiary/aromatic N) is 3. The molecule has 6 aromatic rings. The maximum Gasteiger partial charge on any atom is 0.224 e. The number of benzene rings is 4. The number of nitrogens with one attached hydrogen (secondary N) is 1. The van der Waals surface area contributed by atoms with Crippen LogP contribution >= 0.6 is 0 Å². The largest absolute Gasteiger partial charge is 0.383 e. The van der Waals surface area contributed by atoms with Crippen LogP contribution in [0.5, 0.6) is 0 Å². The fourth-order valence-electron chi connectivity index (χ4n) is 4.59. The van der Waals surface area contributed by atoms with Crippen molar-refractivity contribution in [1.82, 2.24) is 15.0 Å². The number of fused-ring (bicyclic) bond motifs is 1. The zero-order valence-electron chi connectivity index (χ0n) is 17.0. The SMILES string of the molecule is Cc1c(CNc2ccc3ccc4cccc5ccc2c3c45)cnc2nc(N)nc(N)c12. The fourth-order valence-corrected chi connectivity index (χ4v) is 4.59. The van der Waals surface area contributed by atoms with E-state index >= 15 is 0 Å². The summed E-state index contributed by atoms with van der Waals surface area (Å²) in [5.74, 6) is 0.494. The van der Waals surface area contributed by atoms with Crippen LogP contribution in [0.25, 0.3) is 43.4 Å². The van der Waals surface area contributed by atoms with E-state index in [1.807, 2.05) is 13.1 Å². The Morgan fingerprint density at radius 2 is 1.52 bits per heavy atom. The molecule has 0 aliphatic rings. The molecule has 0 bridgehead atoms.